The monoisotopic (exact) mass is 441 g/mol. The van der Waals surface area contributed by atoms with Crippen molar-refractivity contribution in [2.75, 3.05) is 5.75 Å². The third-order valence-corrected chi connectivity index (χ3v) is 6.59. The van der Waals surface area contributed by atoms with Crippen LogP contribution in [0.15, 0.2) is 53.9 Å². The lowest BCUT2D eigenvalue weighted by molar-refractivity contribution is -0.119. The zero-order chi connectivity index (χ0) is 20.9. The van der Waals surface area contributed by atoms with Crippen molar-refractivity contribution in [1.29, 1.82) is 0 Å². The van der Waals surface area contributed by atoms with Gasteiger partial charge in [0.05, 0.1) is 11.4 Å². The summed E-state index contributed by atoms with van der Waals surface area (Å²) in [4.78, 5) is 16.7. The van der Waals surface area contributed by atoms with Gasteiger partial charge in [-0.15, -0.1) is 10.2 Å². The van der Waals surface area contributed by atoms with Crippen LogP contribution in [0.3, 0.4) is 0 Å². The van der Waals surface area contributed by atoms with Crippen molar-refractivity contribution < 1.29 is 4.79 Å². The molecule has 2 atom stereocenters. The van der Waals surface area contributed by atoms with Crippen LogP contribution >= 0.6 is 23.4 Å². The fraction of sp³-hybridized carbons (Fsp3) is 0.364. The molecule has 8 heteroatoms. The number of aromatic nitrogens is 4. The molecule has 3 aromatic rings. The van der Waals surface area contributed by atoms with Gasteiger partial charge in [-0.2, -0.15) is 0 Å². The van der Waals surface area contributed by atoms with E-state index in [9.17, 15) is 4.79 Å². The Balaban J connectivity index is 1.56. The van der Waals surface area contributed by atoms with Crippen molar-refractivity contribution in [2.45, 2.75) is 43.8 Å². The molecule has 1 N–H and O–H groups in total. The van der Waals surface area contributed by atoms with Crippen molar-refractivity contribution in [1.82, 2.24) is 25.1 Å². The Kier molecular flexibility index (Phi) is 6.69. The molecule has 0 spiro atoms. The lowest BCUT2D eigenvalue weighted by Crippen LogP contribution is -2.41. The minimum Gasteiger partial charge on any atom is -0.352 e. The van der Waals surface area contributed by atoms with Gasteiger partial charge >= 0.3 is 0 Å². The largest absolute Gasteiger partial charge is 0.352 e. The van der Waals surface area contributed by atoms with Crippen LogP contribution in [-0.2, 0) is 4.79 Å². The van der Waals surface area contributed by atoms with Crippen LogP contribution in [0.25, 0.3) is 17.1 Å². The molecule has 1 amide bonds. The van der Waals surface area contributed by atoms with Crippen LogP contribution in [-0.4, -0.2) is 37.5 Å². The van der Waals surface area contributed by atoms with Crippen molar-refractivity contribution in [3.8, 4) is 17.1 Å². The number of carbonyl (C=O) groups excluding carboxylic acids is 1. The zero-order valence-electron chi connectivity index (χ0n) is 16.8. The third kappa shape index (κ3) is 4.84. The molecule has 0 aliphatic heterocycles. The summed E-state index contributed by atoms with van der Waals surface area (Å²) in [5, 5.41) is 13.2. The van der Waals surface area contributed by atoms with E-state index in [-0.39, 0.29) is 17.7 Å². The number of rotatable bonds is 6. The van der Waals surface area contributed by atoms with Gasteiger partial charge in [-0.1, -0.05) is 49.2 Å². The number of amides is 1. The number of hydrogen-bond acceptors (Lipinski definition) is 5. The smallest absolute Gasteiger partial charge is 0.230 e. The molecule has 1 aliphatic carbocycles. The van der Waals surface area contributed by atoms with Crippen LogP contribution in [0.2, 0.25) is 5.02 Å². The van der Waals surface area contributed by atoms with Gasteiger partial charge in [0.25, 0.3) is 0 Å². The summed E-state index contributed by atoms with van der Waals surface area (Å²) in [5.41, 5.74) is 1.74. The number of carbonyl (C=O) groups is 1. The number of thioether (sulfide) groups is 1. The maximum absolute atomic E-state index is 12.6. The first-order valence-electron chi connectivity index (χ1n) is 10.2. The molecule has 6 nitrogen and oxygen atoms in total. The van der Waals surface area contributed by atoms with E-state index in [2.05, 4.69) is 27.4 Å². The van der Waals surface area contributed by atoms with Crippen molar-refractivity contribution in [3.63, 3.8) is 0 Å². The Morgan fingerprint density at radius 2 is 2.00 bits per heavy atom. The fourth-order valence-corrected chi connectivity index (χ4v) is 4.76. The Bertz CT molecular complexity index is 1010. The molecule has 1 saturated carbocycles. The fourth-order valence-electron chi connectivity index (χ4n) is 3.81. The maximum Gasteiger partial charge on any atom is 0.230 e. The van der Waals surface area contributed by atoms with Crippen LogP contribution in [0, 0.1) is 5.92 Å². The Labute approximate surface area is 185 Å². The minimum atomic E-state index is 0.0323. The maximum atomic E-state index is 12.6. The molecule has 2 heterocycles. The highest BCUT2D eigenvalue weighted by Crippen LogP contribution is 2.29. The first-order chi connectivity index (χ1) is 14.6. The highest BCUT2D eigenvalue weighted by Gasteiger charge is 2.23. The molecule has 0 bridgehead atoms. The van der Waals surface area contributed by atoms with E-state index in [4.69, 9.17) is 11.6 Å². The van der Waals surface area contributed by atoms with Crippen molar-refractivity contribution in [2.24, 2.45) is 5.92 Å². The molecule has 0 unspecified atom stereocenters. The average Bonchev–Trinajstić information content (AvgIpc) is 3.18. The van der Waals surface area contributed by atoms with Gasteiger partial charge in [0.1, 0.15) is 0 Å². The van der Waals surface area contributed by atoms with E-state index in [1.165, 1.54) is 31.0 Å². The van der Waals surface area contributed by atoms with Crippen molar-refractivity contribution in [3.05, 3.63) is 53.8 Å². The molecule has 0 radical (unpaired) electrons. The number of benzene rings is 1. The van der Waals surface area contributed by atoms with Crippen LogP contribution in [0.1, 0.15) is 32.6 Å². The highest BCUT2D eigenvalue weighted by atomic mass is 35.5. The van der Waals surface area contributed by atoms with E-state index in [1.54, 1.807) is 12.4 Å². The molecule has 1 aliphatic rings. The van der Waals surface area contributed by atoms with Gasteiger partial charge in [0.15, 0.2) is 11.0 Å². The lowest BCUT2D eigenvalue weighted by Gasteiger charge is -2.29. The predicted octanol–water partition coefficient (Wildman–Crippen LogP) is 4.77. The summed E-state index contributed by atoms with van der Waals surface area (Å²) in [6, 6.07) is 11.6. The molecule has 4 rings (SSSR count). The van der Waals surface area contributed by atoms with E-state index in [1.807, 2.05) is 41.0 Å². The molecule has 30 heavy (non-hydrogen) atoms. The van der Waals surface area contributed by atoms with Gasteiger partial charge in [-0.3, -0.25) is 14.3 Å². The number of nitrogens with one attached hydrogen (secondary N) is 1. The van der Waals surface area contributed by atoms with Gasteiger partial charge in [-0.05, 0) is 49.1 Å². The summed E-state index contributed by atoms with van der Waals surface area (Å²) < 4.78 is 1.93. The normalized spacial score (nSPS) is 18.9. The summed E-state index contributed by atoms with van der Waals surface area (Å²) in [7, 11) is 0. The lowest BCUT2D eigenvalue weighted by atomic mass is 9.86. The molecular weight excluding hydrogens is 418 g/mol. The summed E-state index contributed by atoms with van der Waals surface area (Å²) in [5.74, 6) is 1.53. The number of pyridine rings is 1. The summed E-state index contributed by atoms with van der Waals surface area (Å²) >= 11 is 7.61. The molecular formula is C22H24ClN5OS. The Morgan fingerprint density at radius 3 is 2.77 bits per heavy atom. The Morgan fingerprint density at radius 1 is 1.20 bits per heavy atom. The van der Waals surface area contributed by atoms with E-state index < -0.39 is 0 Å². The van der Waals surface area contributed by atoms with Crippen molar-refractivity contribution >= 4 is 29.3 Å². The standard InChI is InChI=1S/C22H24ClN5OS/c1-15-5-2-3-8-19(15)25-20(29)14-30-22-27-26-21(16-9-11-24-12-10-16)28(22)18-7-4-6-17(23)13-18/h4,6-7,9-13,15,19H,2-3,5,8,14H2,1H3,(H,25,29)/t15-,19+/m1/s1. The van der Waals surface area contributed by atoms with Crippen LogP contribution in [0.4, 0.5) is 0 Å². The first-order valence-corrected chi connectivity index (χ1v) is 11.5. The zero-order valence-corrected chi connectivity index (χ0v) is 18.4. The SMILES string of the molecule is C[C@@H]1CCCC[C@@H]1NC(=O)CSc1nnc(-c2ccncc2)n1-c1cccc(Cl)c1. The number of hydrogen-bond donors (Lipinski definition) is 1. The second-order valence-electron chi connectivity index (χ2n) is 7.58. The first kappa shape index (κ1) is 20.9. The second kappa shape index (κ2) is 9.62. The van der Waals surface area contributed by atoms with Crippen LogP contribution in [0.5, 0.6) is 0 Å². The molecule has 1 aromatic carbocycles. The quantitative estimate of drug-likeness (QED) is 0.558. The van der Waals surface area contributed by atoms with Gasteiger partial charge in [-0.25, -0.2) is 0 Å². The van der Waals surface area contributed by atoms with E-state index in [0.717, 1.165) is 17.7 Å². The minimum absolute atomic E-state index is 0.0323. The predicted molar refractivity (Wildman–Crippen MR) is 120 cm³/mol. The second-order valence-corrected chi connectivity index (χ2v) is 8.96. The number of nitrogens with zero attached hydrogens (tertiary/aromatic N) is 4. The number of halogens is 1. The molecule has 0 saturated heterocycles. The topological polar surface area (TPSA) is 72.7 Å². The molecule has 2 aromatic heterocycles. The molecule has 156 valence electrons. The summed E-state index contributed by atoms with van der Waals surface area (Å²) in [6.07, 6.45) is 8.11. The van der Waals surface area contributed by atoms with Crippen LogP contribution < -0.4 is 5.32 Å². The summed E-state index contributed by atoms with van der Waals surface area (Å²) in [6.45, 7) is 2.22. The van der Waals surface area contributed by atoms with E-state index in [0.29, 0.717) is 21.9 Å². The average molecular weight is 442 g/mol. The van der Waals surface area contributed by atoms with Gasteiger partial charge in [0.2, 0.25) is 5.91 Å². The highest BCUT2D eigenvalue weighted by molar-refractivity contribution is 7.99. The van der Waals surface area contributed by atoms with E-state index >= 15 is 0 Å². The molecule has 1 fully saturated rings. The van der Waals surface area contributed by atoms with Gasteiger partial charge in [0, 0.05) is 29.0 Å². The Hall–Kier alpha value is -2.38. The third-order valence-electron chi connectivity index (χ3n) is 5.43. The van der Waals surface area contributed by atoms with Gasteiger partial charge < -0.3 is 5.32 Å².